The predicted octanol–water partition coefficient (Wildman–Crippen LogP) is 2.04. The average molecular weight is 415 g/mol. The first-order valence-electron chi connectivity index (χ1n) is 8.16. The summed E-state index contributed by atoms with van der Waals surface area (Å²) in [5.74, 6) is -0.703. The Labute approximate surface area is 164 Å². The van der Waals surface area contributed by atoms with Gasteiger partial charge in [0.05, 0.1) is 11.3 Å². The van der Waals surface area contributed by atoms with Gasteiger partial charge in [-0.2, -0.15) is 5.26 Å². The largest absolute Gasteiger partial charge is 0.456 e. The molecule has 0 amide bonds. The number of nitriles is 1. The molecule has 0 saturated carbocycles. The van der Waals surface area contributed by atoms with Gasteiger partial charge in [0.15, 0.2) is 9.84 Å². The standard InChI is InChI=1S/C19H14FN3O5S/c1-11-5-3-4-6-15(11)28-16-8-14(13(20)7-12(16)10-21)23-18(24)9-17(22-19(23)25)29(2,26)27/h3-9H,1-2H3,(H,22,25). The molecule has 10 heteroatoms. The van der Waals surface area contributed by atoms with Crippen LogP contribution in [0.4, 0.5) is 4.39 Å². The molecule has 0 unspecified atom stereocenters. The summed E-state index contributed by atoms with van der Waals surface area (Å²) < 4.78 is 43.9. The first kappa shape index (κ1) is 20.0. The number of hydrogen-bond acceptors (Lipinski definition) is 6. The summed E-state index contributed by atoms with van der Waals surface area (Å²) in [6.07, 6.45) is 0.818. The van der Waals surface area contributed by atoms with Crippen LogP contribution in [0, 0.1) is 24.1 Å². The number of aryl methyl sites for hydroxylation is 1. The van der Waals surface area contributed by atoms with Crippen molar-refractivity contribution in [1.29, 1.82) is 5.26 Å². The summed E-state index contributed by atoms with van der Waals surface area (Å²) in [5, 5.41) is 8.70. The highest BCUT2D eigenvalue weighted by atomic mass is 32.2. The van der Waals surface area contributed by atoms with E-state index in [0.717, 1.165) is 24.0 Å². The fourth-order valence-corrected chi connectivity index (χ4v) is 3.16. The number of sulfone groups is 1. The highest BCUT2D eigenvalue weighted by Crippen LogP contribution is 2.30. The number of aromatic nitrogens is 2. The van der Waals surface area contributed by atoms with Crippen molar-refractivity contribution in [2.45, 2.75) is 11.9 Å². The summed E-state index contributed by atoms with van der Waals surface area (Å²) in [6, 6.07) is 11.2. The molecule has 2 aromatic carbocycles. The third-order valence-electron chi connectivity index (χ3n) is 4.03. The van der Waals surface area contributed by atoms with Crippen molar-refractivity contribution in [2.24, 2.45) is 0 Å². The molecule has 0 saturated heterocycles. The van der Waals surface area contributed by atoms with Gasteiger partial charge in [-0.3, -0.25) is 9.78 Å². The summed E-state index contributed by atoms with van der Waals surface area (Å²) >= 11 is 0. The summed E-state index contributed by atoms with van der Waals surface area (Å²) in [4.78, 5) is 26.7. The molecule has 3 aromatic rings. The summed E-state index contributed by atoms with van der Waals surface area (Å²) in [6.45, 7) is 1.77. The molecule has 0 aliphatic heterocycles. The third-order valence-corrected chi connectivity index (χ3v) is 5.05. The van der Waals surface area contributed by atoms with Crippen LogP contribution in [0.5, 0.6) is 11.5 Å². The normalized spacial score (nSPS) is 11.1. The van der Waals surface area contributed by atoms with Crippen LogP contribution in [0.15, 0.2) is 57.1 Å². The van der Waals surface area contributed by atoms with Crippen LogP contribution in [0.3, 0.4) is 0 Å². The number of rotatable bonds is 4. The topological polar surface area (TPSA) is 122 Å². The number of benzene rings is 2. The van der Waals surface area contributed by atoms with E-state index in [1.165, 1.54) is 0 Å². The highest BCUT2D eigenvalue weighted by Gasteiger charge is 2.19. The average Bonchev–Trinajstić information content (AvgIpc) is 2.64. The van der Waals surface area contributed by atoms with Gasteiger partial charge in [0.2, 0.25) is 0 Å². The molecule has 8 nitrogen and oxygen atoms in total. The Hall–Kier alpha value is -3.71. The van der Waals surface area contributed by atoms with E-state index in [1.807, 2.05) is 4.98 Å². The van der Waals surface area contributed by atoms with Crippen LogP contribution in [-0.2, 0) is 9.84 Å². The first-order valence-corrected chi connectivity index (χ1v) is 10.0. The SMILES string of the molecule is Cc1ccccc1Oc1cc(-n2c(=O)cc(S(C)(=O)=O)[nH]c2=O)c(F)cc1C#N. The Morgan fingerprint density at radius 2 is 1.83 bits per heavy atom. The Kier molecular flexibility index (Phi) is 5.09. The van der Waals surface area contributed by atoms with Gasteiger partial charge in [0, 0.05) is 18.4 Å². The van der Waals surface area contributed by atoms with Crippen LogP contribution >= 0.6 is 0 Å². The monoisotopic (exact) mass is 415 g/mol. The minimum absolute atomic E-state index is 0.0725. The quantitative estimate of drug-likeness (QED) is 0.651. The zero-order valence-corrected chi connectivity index (χ0v) is 16.1. The lowest BCUT2D eigenvalue weighted by molar-refractivity contribution is 0.474. The molecule has 148 valence electrons. The summed E-state index contributed by atoms with van der Waals surface area (Å²) in [5.41, 5.74) is -2.09. The number of H-pyrrole nitrogens is 1. The molecule has 1 heterocycles. The zero-order valence-electron chi connectivity index (χ0n) is 15.3. The predicted molar refractivity (Wildman–Crippen MR) is 102 cm³/mol. The van der Waals surface area contributed by atoms with Gasteiger partial charge in [0.25, 0.3) is 5.56 Å². The van der Waals surface area contributed by atoms with Gasteiger partial charge in [-0.25, -0.2) is 22.2 Å². The maximum Gasteiger partial charge on any atom is 0.334 e. The fraction of sp³-hybridized carbons (Fsp3) is 0.105. The molecular weight excluding hydrogens is 401 g/mol. The smallest absolute Gasteiger partial charge is 0.334 e. The highest BCUT2D eigenvalue weighted by molar-refractivity contribution is 7.90. The maximum absolute atomic E-state index is 14.6. The molecular formula is C19H14FN3O5S. The molecule has 0 fully saturated rings. The number of nitrogens with one attached hydrogen (secondary N) is 1. The van der Waals surface area contributed by atoms with Gasteiger partial charge in [0.1, 0.15) is 28.4 Å². The Morgan fingerprint density at radius 3 is 2.41 bits per heavy atom. The number of para-hydroxylation sites is 1. The molecule has 0 bridgehead atoms. The van der Waals surface area contributed by atoms with Crippen molar-refractivity contribution in [1.82, 2.24) is 9.55 Å². The van der Waals surface area contributed by atoms with Crippen molar-refractivity contribution in [2.75, 3.05) is 6.26 Å². The molecule has 0 radical (unpaired) electrons. The number of hydrogen-bond donors (Lipinski definition) is 1. The molecule has 0 atom stereocenters. The molecule has 1 N–H and O–H groups in total. The molecule has 0 spiro atoms. The van der Waals surface area contributed by atoms with E-state index in [9.17, 15) is 27.7 Å². The molecule has 0 aliphatic carbocycles. The van der Waals surface area contributed by atoms with Crippen LogP contribution < -0.4 is 16.0 Å². The van der Waals surface area contributed by atoms with Crippen LogP contribution in [0.1, 0.15) is 11.1 Å². The van der Waals surface area contributed by atoms with Crippen molar-refractivity contribution < 1.29 is 17.5 Å². The fourth-order valence-electron chi connectivity index (χ4n) is 2.58. The zero-order chi connectivity index (χ0) is 21.3. The Bertz CT molecular complexity index is 1350. The second kappa shape index (κ2) is 7.37. The van der Waals surface area contributed by atoms with Gasteiger partial charge in [-0.05, 0) is 24.6 Å². The lowest BCUT2D eigenvalue weighted by atomic mass is 10.1. The van der Waals surface area contributed by atoms with E-state index >= 15 is 0 Å². The molecule has 29 heavy (non-hydrogen) atoms. The summed E-state index contributed by atoms with van der Waals surface area (Å²) in [7, 11) is -3.85. The van der Waals surface area contributed by atoms with Crippen LogP contribution in [-0.4, -0.2) is 24.2 Å². The second-order valence-electron chi connectivity index (χ2n) is 6.16. The number of ether oxygens (including phenoxy) is 1. The van der Waals surface area contributed by atoms with E-state index in [1.54, 1.807) is 37.3 Å². The molecule has 0 aliphatic rings. The minimum Gasteiger partial charge on any atom is -0.456 e. The van der Waals surface area contributed by atoms with Crippen LogP contribution in [0.25, 0.3) is 5.69 Å². The van der Waals surface area contributed by atoms with E-state index in [4.69, 9.17) is 4.74 Å². The van der Waals surface area contributed by atoms with Crippen LogP contribution in [0.2, 0.25) is 0 Å². The van der Waals surface area contributed by atoms with Gasteiger partial charge in [-0.15, -0.1) is 0 Å². The molecule has 1 aromatic heterocycles. The molecule has 3 rings (SSSR count). The van der Waals surface area contributed by atoms with Gasteiger partial charge < -0.3 is 4.74 Å². The van der Waals surface area contributed by atoms with Crippen molar-refractivity contribution in [3.63, 3.8) is 0 Å². The Morgan fingerprint density at radius 1 is 1.14 bits per heavy atom. The van der Waals surface area contributed by atoms with Crippen molar-refractivity contribution in [3.8, 4) is 23.3 Å². The number of aromatic amines is 1. The van der Waals surface area contributed by atoms with E-state index in [-0.39, 0.29) is 11.3 Å². The van der Waals surface area contributed by atoms with E-state index in [2.05, 4.69) is 0 Å². The van der Waals surface area contributed by atoms with E-state index < -0.39 is 37.6 Å². The third kappa shape index (κ3) is 3.95. The first-order chi connectivity index (χ1) is 13.6. The van der Waals surface area contributed by atoms with E-state index in [0.29, 0.717) is 16.4 Å². The van der Waals surface area contributed by atoms with Crippen molar-refractivity contribution in [3.05, 3.63) is 80.2 Å². The maximum atomic E-state index is 14.6. The second-order valence-corrected chi connectivity index (χ2v) is 8.15. The lowest BCUT2D eigenvalue weighted by Crippen LogP contribution is -2.35. The Balaban J connectivity index is 2.22. The number of halogens is 1. The van der Waals surface area contributed by atoms with Gasteiger partial charge >= 0.3 is 5.69 Å². The van der Waals surface area contributed by atoms with Crippen molar-refractivity contribution >= 4 is 9.84 Å². The lowest BCUT2D eigenvalue weighted by Gasteiger charge is -2.13. The number of nitrogens with zero attached hydrogens (tertiary/aromatic N) is 2. The minimum atomic E-state index is -3.85. The van der Waals surface area contributed by atoms with Gasteiger partial charge in [-0.1, -0.05) is 18.2 Å².